The molecule has 2 fully saturated rings. The number of nitriles is 1. The predicted molar refractivity (Wildman–Crippen MR) is 125 cm³/mol. The van der Waals surface area contributed by atoms with Crippen LogP contribution in [0.5, 0.6) is 0 Å². The third kappa shape index (κ3) is 3.92. The second-order valence-electron chi connectivity index (χ2n) is 8.88. The lowest BCUT2D eigenvalue weighted by atomic mass is 10.1. The summed E-state index contributed by atoms with van der Waals surface area (Å²) in [7, 11) is -3.53. The molecule has 9 nitrogen and oxygen atoms in total. The highest BCUT2D eigenvalue weighted by Crippen LogP contribution is 2.43. The van der Waals surface area contributed by atoms with Gasteiger partial charge in [0.15, 0.2) is 5.82 Å². The minimum absolute atomic E-state index is 0.00248. The molecule has 1 unspecified atom stereocenters. The lowest BCUT2D eigenvalue weighted by Crippen LogP contribution is -2.33. The maximum atomic E-state index is 13.0. The highest BCUT2D eigenvalue weighted by atomic mass is 32.2. The van der Waals surface area contributed by atoms with E-state index in [1.807, 2.05) is 6.92 Å². The first-order valence-electron chi connectivity index (χ1n) is 11.3. The van der Waals surface area contributed by atoms with Gasteiger partial charge in [0.1, 0.15) is 5.39 Å². The van der Waals surface area contributed by atoms with Gasteiger partial charge in [-0.1, -0.05) is 0 Å². The summed E-state index contributed by atoms with van der Waals surface area (Å²) in [6, 6.07) is 10.5. The highest BCUT2D eigenvalue weighted by Gasteiger charge is 2.35. The Morgan fingerprint density at radius 2 is 2.00 bits per heavy atom. The van der Waals surface area contributed by atoms with Gasteiger partial charge < -0.3 is 10.3 Å². The van der Waals surface area contributed by atoms with E-state index >= 15 is 0 Å². The van der Waals surface area contributed by atoms with Gasteiger partial charge in [0, 0.05) is 24.5 Å². The Labute approximate surface area is 192 Å². The molecule has 0 radical (unpaired) electrons. The van der Waals surface area contributed by atoms with Gasteiger partial charge in [0.2, 0.25) is 10.0 Å². The molecule has 2 aromatic heterocycles. The molecule has 0 spiro atoms. The van der Waals surface area contributed by atoms with Gasteiger partial charge in [-0.2, -0.15) is 14.7 Å². The van der Waals surface area contributed by atoms with Gasteiger partial charge in [-0.15, -0.1) is 0 Å². The molecule has 3 heterocycles. The van der Waals surface area contributed by atoms with Crippen molar-refractivity contribution in [2.75, 3.05) is 11.9 Å². The van der Waals surface area contributed by atoms with Crippen LogP contribution in [0.25, 0.3) is 10.9 Å². The van der Waals surface area contributed by atoms with Gasteiger partial charge in [-0.05, 0) is 68.9 Å². The van der Waals surface area contributed by atoms with E-state index in [0.29, 0.717) is 41.3 Å². The van der Waals surface area contributed by atoms with Crippen molar-refractivity contribution in [3.8, 4) is 6.07 Å². The van der Waals surface area contributed by atoms with Crippen LogP contribution in [0.4, 0.5) is 11.5 Å². The van der Waals surface area contributed by atoms with Crippen LogP contribution < -0.4 is 10.9 Å². The van der Waals surface area contributed by atoms with E-state index in [1.54, 1.807) is 45.5 Å². The van der Waals surface area contributed by atoms with Gasteiger partial charge in [-0.3, -0.25) is 9.48 Å². The number of nitrogens with one attached hydrogen (secondary N) is 2. The van der Waals surface area contributed by atoms with Crippen molar-refractivity contribution in [3.63, 3.8) is 0 Å². The topological polar surface area (TPSA) is 124 Å². The van der Waals surface area contributed by atoms with Gasteiger partial charge in [0.25, 0.3) is 5.56 Å². The number of rotatable bonds is 7. The summed E-state index contributed by atoms with van der Waals surface area (Å²) >= 11 is 0. The number of fused-ring (bicyclic) bond motifs is 1. The molecule has 2 atom stereocenters. The molecule has 0 amide bonds. The highest BCUT2D eigenvalue weighted by molar-refractivity contribution is 7.89. The van der Waals surface area contributed by atoms with E-state index < -0.39 is 10.0 Å². The SMILES string of the molecule is C[C@@H]1CCCN1S(=O)(=O)c1ccc(Nc2nn(C(CC#N)C3CC3)c3cc[nH]c(=O)c23)cc1. The fourth-order valence-corrected chi connectivity index (χ4v) is 6.41. The molecule has 172 valence electrons. The van der Waals surface area contributed by atoms with E-state index in [1.165, 1.54) is 0 Å². The number of anilines is 2. The third-order valence-corrected chi connectivity index (χ3v) is 8.65. The summed E-state index contributed by atoms with van der Waals surface area (Å²) < 4.78 is 29.3. The number of hydrogen-bond acceptors (Lipinski definition) is 6. The van der Waals surface area contributed by atoms with Crippen LogP contribution in [-0.4, -0.2) is 40.1 Å². The average Bonchev–Trinajstić information content (AvgIpc) is 3.44. The standard InChI is InChI=1S/C23H26N6O3S/c1-15-3-2-14-28(15)33(31,32)18-8-6-17(7-9-18)26-22-21-20(11-13-25-23(21)30)29(27-22)19(10-12-24)16-4-5-16/h6-9,11,13,15-16,19H,2-5,10,14H2,1H3,(H,25,30)(H,26,27)/t15-,19?/m1/s1. The number of H-pyrrole nitrogens is 1. The van der Waals surface area contributed by atoms with Crippen molar-refractivity contribution >= 4 is 32.4 Å². The number of nitrogens with zero attached hydrogens (tertiary/aromatic N) is 4. The minimum atomic E-state index is -3.53. The summed E-state index contributed by atoms with van der Waals surface area (Å²) in [6.07, 6.45) is 5.75. The van der Waals surface area contributed by atoms with Crippen molar-refractivity contribution in [1.82, 2.24) is 19.1 Å². The maximum Gasteiger partial charge on any atom is 0.261 e. The monoisotopic (exact) mass is 466 g/mol. The zero-order chi connectivity index (χ0) is 23.2. The first-order valence-corrected chi connectivity index (χ1v) is 12.7. The molecule has 3 aromatic rings. The number of pyridine rings is 1. The zero-order valence-corrected chi connectivity index (χ0v) is 19.2. The molecule has 1 aliphatic carbocycles. The Morgan fingerprint density at radius 1 is 1.24 bits per heavy atom. The number of hydrogen-bond donors (Lipinski definition) is 2. The van der Waals surface area contributed by atoms with Crippen LogP contribution in [0.2, 0.25) is 0 Å². The molecule has 2 aliphatic rings. The molecule has 0 bridgehead atoms. The van der Waals surface area contributed by atoms with Gasteiger partial charge in [0.05, 0.1) is 28.9 Å². The molecule has 1 saturated heterocycles. The summed E-state index contributed by atoms with van der Waals surface area (Å²) in [5.74, 6) is 0.775. The van der Waals surface area contributed by atoms with Crippen LogP contribution >= 0.6 is 0 Å². The van der Waals surface area contributed by atoms with Crippen LogP contribution in [0.3, 0.4) is 0 Å². The Balaban J connectivity index is 1.47. The average molecular weight is 467 g/mol. The van der Waals surface area contributed by atoms with Crippen molar-refractivity contribution in [3.05, 3.63) is 46.9 Å². The summed E-state index contributed by atoms with van der Waals surface area (Å²) in [4.78, 5) is 15.6. The second kappa shape index (κ2) is 8.32. The fraction of sp³-hybridized carbons (Fsp3) is 0.435. The van der Waals surface area contributed by atoms with Crippen molar-refractivity contribution in [1.29, 1.82) is 5.26 Å². The second-order valence-corrected chi connectivity index (χ2v) is 10.8. The van der Waals surface area contributed by atoms with Crippen molar-refractivity contribution in [2.45, 2.75) is 56.0 Å². The molecule has 33 heavy (non-hydrogen) atoms. The molecule has 2 N–H and O–H groups in total. The lowest BCUT2D eigenvalue weighted by molar-refractivity contribution is 0.408. The maximum absolute atomic E-state index is 13.0. The van der Waals surface area contributed by atoms with Gasteiger partial charge in [-0.25, -0.2) is 8.42 Å². The number of aromatic amines is 1. The summed E-state index contributed by atoms with van der Waals surface area (Å²) in [5, 5.41) is 17.6. The summed E-state index contributed by atoms with van der Waals surface area (Å²) in [6.45, 7) is 2.47. The Hall–Kier alpha value is -3.16. The van der Waals surface area contributed by atoms with Crippen molar-refractivity contribution < 1.29 is 8.42 Å². The Kier molecular flexibility index (Phi) is 5.46. The molecule has 1 aliphatic heterocycles. The van der Waals surface area contributed by atoms with Crippen LogP contribution in [0.15, 0.2) is 46.2 Å². The van der Waals surface area contributed by atoms with E-state index in [-0.39, 0.29) is 22.5 Å². The Morgan fingerprint density at radius 3 is 2.64 bits per heavy atom. The smallest absolute Gasteiger partial charge is 0.261 e. The molecule has 1 saturated carbocycles. The summed E-state index contributed by atoms with van der Waals surface area (Å²) in [5.41, 5.74) is 1.03. The van der Waals surface area contributed by atoms with Crippen LogP contribution in [0, 0.1) is 17.2 Å². The van der Waals surface area contributed by atoms with E-state index in [2.05, 4.69) is 21.5 Å². The van der Waals surface area contributed by atoms with Crippen LogP contribution in [-0.2, 0) is 10.0 Å². The normalized spacial score (nSPS) is 20.1. The zero-order valence-electron chi connectivity index (χ0n) is 18.4. The number of aromatic nitrogens is 3. The quantitative estimate of drug-likeness (QED) is 0.549. The van der Waals surface area contributed by atoms with Crippen molar-refractivity contribution in [2.24, 2.45) is 5.92 Å². The largest absolute Gasteiger partial charge is 0.338 e. The van der Waals surface area contributed by atoms with E-state index in [4.69, 9.17) is 0 Å². The molecule has 10 heteroatoms. The lowest BCUT2D eigenvalue weighted by Gasteiger charge is -2.21. The Bertz CT molecular complexity index is 1380. The fourth-order valence-electron chi connectivity index (χ4n) is 4.71. The molecular weight excluding hydrogens is 440 g/mol. The van der Waals surface area contributed by atoms with E-state index in [0.717, 1.165) is 25.7 Å². The molecular formula is C23H26N6O3S. The van der Waals surface area contributed by atoms with Gasteiger partial charge >= 0.3 is 0 Å². The first kappa shape index (κ1) is 21.7. The molecule has 1 aromatic carbocycles. The number of benzene rings is 1. The van der Waals surface area contributed by atoms with E-state index in [9.17, 15) is 18.5 Å². The molecule has 5 rings (SSSR count). The first-order chi connectivity index (χ1) is 15.9. The number of sulfonamides is 1. The van der Waals surface area contributed by atoms with Crippen LogP contribution in [0.1, 0.15) is 45.1 Å². The predicted octanol–water partition coefficient (Wildman–Crippen LogP) is 3.51. The minimum Gasteiger partial charge on any atom is -0.338 e. The third-order valence-electron chi connectivity index (χ3n) is 6.63.